The highest BCUT2D eigenvalue weighted by atomic mass is 35.5. The predicted molar refractivity (Wildman–Crippen MR) is 142 cm³/mol. The summed E-state index contributed by atoms with van der Waals surface area (Å²) in [6, 6.07) is 2.89. The Kier molecular flexibility index (Phi) is 9.00. The first-order chi connectivity index (χ1) is 16.4. The minimum absolute atomic E-state index is 0.0332. The fraction of sp³-hybridized carbons (Fsp3) is 0.630. The third-order valence-electron chi connectivity index (χ3n) is 6.54. The Hall–Kier alpha value is -1.96. The number of halogens is 2. The van der Waals surface area contributed by atoms with Gasteiger partial charge in [0, 0.05) is 30.4 Å². The number of nitrogens with one attached hydrogen (secondary N) is 3. The lowest BCUT2D eigenvalue weighted by molar-refractivity contribution is -0.118. The Balaban J connectivity index is 1.61. The smallest absolute Gasteiger partial charge is 0.242 e. The monoisotopic (exact) mass is 505 g/mol. The van der Waals surface area contributed by atoms with Crippen molar-refractivity contribution in [1.29, 1.82) is 0 Å². The number of carbonyl (C=O) groups is 1. The molecule has 1 heterocycles. The van der Waals surface area contributed by atoms with Gasteiger partial charge in [0.2, 0.25) is 5.91 Å². The molecule has 1 unspecified atom stereocenters. The van der Waals surface area contributed by atoms with Gasteiger partial charge in [-0.1, -0.05) is 45.7 Å². The summed E-state index contributed by atoms with van der Waals surface area (Å²) in [7, 11) is 0. The Bertz CT molecular complexity index is 1010. The van der Waals surface area contributed by atoms with Crippen LogP contribution in [0.3, 0.4) is 0 Å². The van der Waals surface area contributed by atoms with Crippen molar-refractivity contribution in [1.82, 2.24) is 20.2 Å². The molecule has 1 aromatic carbocycles. The van der Waals surface area contributed by atoms with Gasteiger partial charge in [-0.25, -0.2) is 9.37 Å². The number of rotatable bonds is 10. The lowest BCUT2D eigenvalue weighted by Gasteiger charge is -2.30. The number of imidazole rings is 1. The van der Waals surface area contributed by atoms with Crippen LogP contribution in [-0.4, -0.2) is 40.6 Å². The van der Waals surface area contributed by atoms with Crippen molar-refractivity contribution in [2.45, 2.75) is 91.3 Å². The van der Waals surface area contributed by atoms with Gasteiger partial charge in [-0.2, -0.15) is 0 Å². The van der Waals surface area contributed by atoms with Crippen LogP contribution in [-0.2, 0) is 23.2 Å². The van der Waals surface area contributed by atoms with Crippen LogP contribution in [0.25, 0.3) is 0 Å². The molecule has 2 aromatic rings. The van der Waals surface area contributed by atoms with Crippen molar-refractivity contribution in [2.24, 2.45) is 5.41 Å². The van der Waals surface area contributed by atoms with E-state index in [1.807, 2.05) is 16.8 Å². The molecule has 35 heavy (non-hydrogen) atoms. The van der Waals surface area contributed by atoms with E-state index >= 15 is 0 Å². The first-order valence-corrected chi connectivity index (χ1v) is 13.0. The number of fused-ring (bicyclic) bond motifs is 1. The highest BCUT2D eigenvalue weighted by Crippen LogP contribution is 2.28. The molecule has 194 valence electrons. The third-order valence-corrected chi connectivity index (χ3v) is 6.76. The van der Waals surface area contributed by atoms with Gasteiger partial charge >= 0.3 is 0 Å². The summed E-state index contributed by atoms with van der Waals surface area (Å²) in [5, 5.41) is 10.4. The van der Waals surface area contributed by atoms with Crippen LogP contribution in [0.4, 0.5) is 10.2 Å². The van der Waals surface area contributed by atoms with Crippen LogP contribution in [0.5, 0.6) is 0 Å². The molecule has 0 bridgehead atoms. The number of hydrogen-bond acceptors (Lipinski definition) is 4. The summed E-state index contributed by atoms with van der Waals surface area (Å²) >= 11 is 6.02. The van der Waals surface area contributed by atoms with Crippen molar-refractivity contribution in [3.05, 3.63) is 46.6 Å². The number of aryl methyl sites for hydroxylation is 1. The van der Waals surface area contributed by atoms with E-state index in [1.165, 1.54) is 6.07 Å². The highest BCUT2D eigenvalue weighted by Gasteiger charge is 2.28. The van der Waals surface area contributed by atoms with Crippen LogP contribution < -0.4 is 16.0 Å². The molecule has 1 aliphatic carbocycles. The quantitative estimate of drug-likeness (QED) is 0.409. The highest BCUT2D eigenvalue weighted by molar-refractivity contribution is 6.30. The van der Waals surface area contributed by atoms with Crippen LogP contribution in [0.1, 0.15) is 71.9 Å². The van der Waals surface area contributed by atoms with Gasteiger partial charge in [0.05, 0.1) is 17.9 Å². The molecule has 0 spiro atoms. The number of amides is 1. The summed E-state index contributed by atoms with van der Waals surface area (Å²) < 4.78 is 16.5. The molecule has 1 aliphatic rings. The largest absolute Gasteiger partial charge is 0.328 e. The minimum atomic E-state index is -0.367. The average molecular weight is 506 g/mol. The molecule has 0 fully saturated rings. The van der Waals surface area contributed by atoms with Crippen molar-refractivity contribution in [3.8, 4) is 0 Å². The van der Waals surface area contributed by atoms with Gasteiger partial charge in [0.25, 0.3) is 0 Å². The maximum atomic E-state index is 14.5. The number of carbonyl (C=O) groups excluding carboxylic acids is 1. The van der Waals surface area contributed by atoms with E-state index in [-0.39, 0.29) is 34.8 Å². The van der Waals surface area contributed by atoms with E-state index in [0.29, 0.717) is 29.2 Å². The molecular weight excluding hydrogens is 465 g/mol. The normalized spacial score (nSPS) is 17.2. The Morgan fingerprint density at radius 1 is 1.26 bits per heavy atom. The average Bonchev–Trinajstić information content (AvgIpc) is 3.22. The molecule has 8 heteroatoms. The van der Waals surface area contributed by atoms with Gasteiger partial charge in [0.15, 0.2) is 5.82 Å². The topological polar surface area (TPSA) is 71.0 Å². The number of anilines is 1. The van der Waals surface area contributed by atoms with Gasteiger partial charge in [-0.3, -0.25) is 4.79 Å². The number of hydrogen-bond donors (Lipinski definition) is 3. The van der Waals surface area contributed by atoms with Gasteiger partial charge in [-0.05, 0) is 68.2 Å². The lowest BCUT2D eigenvalue weighted by Crippen LogP contribution is -2.48. The van der Waals surface area contributed by atoms with Gasteiger partial charge < -0.3 is 20.5 Å². The molecular formula is C27H41ClFN5O. The van der Waals surface area contributed by atoms with Crippen LogP contribution in [0.2, 0.25) is 5.02 Å². The summed E-state index contributed by atoms with van der Waals surface area (Å²) in [6.07, 6.45) is 7.34. The second-order valence-electron chi connectivity index (χ2n) is 11.6. The lowest BCUT2D eigenvalue weighted by atomic mass is 9.87. The number of nitrogens with zero attached hydrogens (tertiary/aromatic N) is 2. The Labute approximate surface area is 214 Å². The summed E-state index contributed by atoms with van der Waals surface area (Å²) in [5.41, 5.74) is 1.69. The van der Waals surface area contributed by atoms with Crippen molar-refractivity contribution >= 4 is 23.3 Å². The van der Waals surface area contributed by atoms with Crippen molar-refractivity contribution < 1.29 is 9.18 Å². The number of aromatic nitrogens is 2. The molecule has 0 radical (unpaired) electrons. The van der Waals surface area contributed by atoms with E-state index in [9.17, 15) is 9.18 Å². The van der Waals surface area contributed by atoms with E-state index in [4.69, 9.17) is 11.6 Å². The Morgan fingerprint density at radius 2 is 2.00 bits per heavy atom. The molecule has 3 N–H and O–H groups in total. The van der Waals surface area contributed by atoms with E-state index in [2.05, 4.69) is 62.5 Å². The maximum Gasteiger partial charge on any atom is 0.242 e. The molecule has 0 saturated carbocycles. The van der Waals surface area contributed by atoms with E-state index < -0.39 is 0 Å². The first kappa shape index (κ1) is 27.6. The predicted octanol–water partition coefficient (Wildman–Crippen LogP) is 5.30. The second kappa shape index (κ2) is 11.4. The molecule has 1 amide bonds. The zero-order valence-electron chi connectivity index (χ0n) is 22.0. The standard InChI is InChI=1S/C27H41ClFN5O/c1-7-8-23(32-20-10-9-18-11-19(28)12-22(29)21(18)13-20)25(35)33-24-14-34(17-31-24)27(5,6)16-30-15-26(2,3)4/h11-12,14,17,20,23,30,32H,7-10,13,15-16H2,1-6H3,(H,33,35)/t20-,23?/m0/s1. The summed E-state index contributed by atoms with van der Waals surface area (Å²) in [5.74, 6) is 0.167. The molecule has 0 saturated heterocycles. The summed E-state index contributed by atoms with van der Waals surface area (Å²) in [6.45, 7) is 14.7. The maximum absolute atomic E-state index is 14.5. The van der Waals surface area contributed by atoms with Gasteiger partial charge in [-0.15, -0.1) is 0 Å². The van der Waals surface area contributed by atoms with Crippen LogP contribution in [0.15, 0.2) is 24.7 Å². The van der Waals surface area contributed by atoms with Crippen molar-refractivity contribution in [3.63, 3.8) is 0 Å². The molecule has 6 nitrogen and oxygen atoms in total. The molecule has 0 aliphatic heterocycles. The number of benzene rings is 1. The molecule has 3 rings (SSSR count). The third kappa shape index (κ3) is 7.76. The fourth-order valence-corrected chi connectivity index (χ4v) is 4.79. The molecule has 1 aromatic heterocycles. The first-order valence-electron chi connectivity index (χ1n) is 12.7. The van der Waals surface area contributed by atoms with E-state index in [1.54, 1.807) is 6.33 Å². The van der Waals surface area contributed by atoms with Gasteiger partial charge in [0.1, 0.15) is 5.82 Å². The second-order valence-corrected chi connectivity index (χ2v) is 12.0. The minimum Gasteiger partial charge on any atom is -0.328 e. The molecule has 2 atom stereocenters. The van der Waals surface area contributed by atoms with Crippen LogP contribution in [0, 0.1) is 11.2 Å². The SMILES string of the molecule is CCCC(N[C@H]1CCc2cc(Cl)cc(F)c2C1)C(=O)Nc1cn(C(C)(C)CNCC(C)(C)C)cn1. The van der Waals surface area contributed by atoms with Crippen molar-refractivity contribution in [2.75, 3.05) is 18.4 Å². The fourth-order valence-electron chi connectivity index (χ4n) is 4.56. The summed E-state index contributed by atoms with van der Waals surface area (Å²) in [4.78, 5) is 17.6. The Morgan fingerprint density at radius 3 is 2.69 bits per heavy atom. The zero-order valence-corrected chi connectivity index (χ0v) is 22.7. The van der Waals surface area contributed by atoms with E-state index in [0.717, 1.165) is 37.9 Å². The zero-order chi connectivity index (χ0) is 25.8. The van der Waals surface area contributed by atoms with Crippen LogP contribution >= 0.6 is 11.6 Å².